The van der Waals surface area contributed by atoms with Crippen molar-refractivity contribution in [3.8, 4) is 0 Å². The van der Waals surface area contributed by atoms with Gasteiger partial charge in [0.05, 0.1) is 23.8 Å². The lowest BCUT2D eigenvalue weighted by atomic mass is 10.0. The molecule has 0 saturated carbocycles. The van der Waals surface area contributed by atoms with Crippen molar-refractivity contribution >= 4 is 74.8 Å². The Bertz CT molecular complexity index is 2110. The summed E-state index contributed by atoms with van der Waals surface area (Å²) in [7, 11) is 1.27. The molecule has 15 nitrogen and oxygen atoms in total. The summed E-state index contributed by atoms with van der Waals surface area (Å²) in [5.74, 6) is -2.50. The first kappa shape index (κ1) is 34.5. The van der Waals surface area contributed by atoms with Crippen LogP contribution in [0, 0.1) is 11.2 Å². The van der Waals surface area contributed by atoms with Crippen molar-refractivity contribution in [2.45, 2.75) is 43.8 Å². The molecule has 1 aromatic carbocycles. The average Bonchev–Trinajstić information content (AvgIpc) is 3.85. The van der Waals surface area contributed by atoms with Crippen LogP contribution in [0.3, 0.4) is 0 Å². The molecule has 2 atom stereocenters. The van der Waals surface area contributed by atoms with Crippen LogP contribution in [0.2, 0.25) is 5.02 Å². The lowest BCUT2D eigenvalue weighted by Crippen LogP contribution is -2.71. The van der Waals surface area contributed by atoms with Crippen LogP contribution in [0.1, 0.15) is 36.1 Å². The van der Waals surface area contributed by atoms with Gasteiger partial charge in [-0.15, -0.1) is 27.6 Å². The molecule has 0 bridgehead atoms. The van der Waals surface area contributed by atoms with E-state index in [-0.39, 0.29) is 57.5 Å². The Morgan fingerprint density at radius 1 is 1.27 bits per heavy atom. The fourth-order valence-electron chi connectivity index (χ4n) is 6.57. The second-order valence-electron chi connectivity index (χ2n) is 12.2. The summed E-state index contributed by atoms with van der Waals surface area (Å²) < 4.78 is 20.9. The van der Waals surface area contributed by atoms with Crippen LogP contribution in [0.5, 0.6) is 0 Å². The van der Waals surface area contributed by atoms with Gasteiger partial charge in [-0.1, -0.05) is 16.8 Å². The number of amides is 2. The Kier molecular flexibility index (Phi) is 9.47. The van der Waals surface area contributed by atoms with Gasteiger partial charge >= 0.3 is 11.6 Å². The number of likely N-dealkylation sites (tertiary alicyclic amines) is 1. The van der Waals surface area contributed by atoms with Crippen molar-refractivity contribution in [1.82, 2.24) is 29.3 Å². The van der Waals surface area contributed by atoms with E-state index in [1.165, 1.54) is 35.2 Å². The van der Waals surface area contributed by atoms with E-state index >= 15 is 4.39 Å². The molecule has 2 fully saturated rings. The molecule has 0 spiro atoms. The highest BCUT2D eigenvalue weighted by molar-refractivity contribution is 8.00. The molecule has 0 aliphatic carbocycles. The normalized spacial score (nSPS) is 19.3. The number of hydrogen-bond donors (Lipinski definition) is 4. The van der Waals surface area contributed by atoms with Crippen LogP contribution >= 0.6 is 34.7 Å². The van der Waals surface area contributed by atoms with E-state index in [0.717, 1.165) is 43.7 Å². The fourth-order valence-corrected chi connectivity index (χ4v) is 8.72. The number of carbonyl (C=O) groups is 3. The molecule has 0 unspecified atom stereocenters. The van der Waals surface area contributed by atoms with Gasteiger partial charge in [0.2, 0.25) is 0 Å². The first-order valence-corrected chi connectivity index (χ1v) is 18.3. The molecule has 0 radical (unpaired) electrons. The van der Waals surface area contributed by atoms with Gasteiger partial charge in [-0.3, -0.25) is 19.9 Å². The number of carbonyl (C=O) groups excluding carboxylic acids is 2. The lowest BCUT2D eigenvalue weighted by molar-refractivity contribution is -0.662. The molecular formula is C32H33ClFN10O5S2+. The number of imidazole rings is 1. The number of thiazole rings is 1. The minimum atomic E-state index is -1.26. The number of nitrogens with zero attached hydrogens (tertiary/aromatic N) is 7. The third kappa shape index (κ3) is 6.42. The van der Waals surface area contributed by atoms with E-state index in [4.69, 9.17) is 27.6 Å². The zero-order valence-corrected chi connectivity index (χ0v) is 29.6. The third-order valence-electron chi connectivity index (χ3n) is 9.06. The maximum Gasteiger partial charge on any atom is 0.352 e. The molecule has 7 rings (SSSR count). The number of hydrogen-bond acceptors (Lipinski definition) is 10. The highest BCUT2D eigenvalue weighted by Gasteiger charge is 2.54. The summed E-state index contributed by atoms with van der Waals surface area (Å²) in [6, 6.07) is 3.83. The smallest absolute Gasteiger partial charge is 0.352 e. The summed E-state index contributed by atoms with van der Waals surface area (Å²) in [5, 5.41) is 26.5. The number of carboxylic acids is 1. The SMILES string of the molecule is CO/N=C(\C(=O)N[C@@H]1C(=O)N2C(C(=O)O)=C(Cn3ccc4n3cc[n+]4Cc3c(F)cc(C(=N)N4CCCCC4)cc3Cl)CS[C@H]12)c1csc(N)n1. The number of anilines is 1. The highest BCUT2D eigenvalue weighted by atomic mass is 35.5. The molecule has 4 aromatic rings. The van der Waals surface area contributed by atoms with E-state index in [9.17, 15) is 19.5 Å². The predicted molar refractivity (Wildman–Crippen MR) is 188 cm³/mol. The minimum Gasteiger partial charge on any atom is -0.477 e. The number of rotatable bonds is 10. The van der Waals surface area contributed by atoms with Crippen LogP contribution in [0.4, 0.5) is 9.52 Å². The summed E-state index contributed by atoms with van der Waals surface area (Å²) >= 11 is 9.03. The van der Waals surface area contributed by atoms with Crippen LogP contribution in [0.15, 0.2) is 58.6 Å². The summed E-state index contributed by atoms with van der Waals surface area (Å²) in [6.07, 6.45) is 8.45. The van der Waals surface area contributed by atoms with Gasteiger partial charge in [-0.2, -0.15) is 0 Å². The number of nitrogens with one attached hydrogen (secondary N) is 2. The number of aliphatic carboxylic acids is 1. The van der Waals surface area contributed by atoms with E-state index < -0.39 is 35.0 Å². The van der Waals surface area contributed by atoms with Crippen molar-refractivity contribution in [3.05, 3.63) is 81.1 Å². The Labute approximate surface area is 303 Å². The molecule has 266 valence electrons. The second kappa shape index (κ2) is 14.0. The third-order valence-corrected chi connectivity index (χ3v) is 11.4. The number of amidine groups is 1. The Balaban J connectivity index is 1.07. The monoisotopic (exact) mass is 755 g/mol. The van der Waals surface area contributed by atoms with Crippen molar-refractivity contribution in [3.63, 3.8) is 0 Å². The number of nitrogen functional groups attached to an aromatic ring is 1. The largest absolute Gasteiger partial charge is 0.477 e. The fraction of sp³-hybridized carbons (Fsp3) is 0.344. The molecule has 51 heavy (non-hydrogen) atoms. The first-order valence-electron chi connectivity index (χ1n) is 16.0. The number of carboxylic acid groups (broad SMARTS) is 1. The first-order chi connectivity index (χ1) is 24.5. The maximum absolute atomic E-state index is 15.5. The topological polar surface area (TPSA) is 188 Å². The van der Waals surface area contributed by atoms with Gasteiger partial charge < -0.3 is 25.9 Å². The number of benzene rings is 1. The van der Waals surface area contributed by atoms with Crippen molar-refractivity contribution in [1.29, 1.82) is 5.41 Å². The quantitative estimate of drug-likeness (QED) is 0.0620. The van der Waals surface area contributed by atoms with Crippen molar-refractivity contribution in [2.24, 2.45) is 5.16 Å². The molecule has 3 aliphatic heterocycles. The number of fused-ring (bicyclic) bond motifs is 2. The van der Waals surface area contributed by atoms with Gasteiger partial charge in [-0.25, -0.2) is 23.4 Å². The van der Waals surface area contributed by atoms with Gasteiger partial charge in [0.25, 0.3) is 11.8 Å². The van der Waals surface area contributed by atoms with Crippen molar-refractivity contribution < 1.29 is 33.3 Å². The molecule has 3 aliphatic rings. The second-order valence-corrected chi connectivity index (χ2v) is 14.6. The van der Waals surface area contributed by atoms with Gasteiger partial charge in [0.15, 0.2) is 17.0 Å². The highest BCUT2D eigenvalue weighted by Crippen LogP contribution is 2.41. The van der Waals surface area contributed by atoms with E-state index in [0.29, 0.717) is 16.8 Å². The zero-order chi connectivity index (χ0) is 36.0. The number of oxime groups is 1. The van der Waals surface area contributed by atoms with E-state index in [2.05, 4.69) is 15.5 Å². The lowest BCUT2D eigenvalue weighted by Gasteiger charge is -2.49. The number of piperidine rings is 1. The number of halogens is 2. The van der Waals surface area contributed by atoms with Crippen LogP contribution in [0.25, 0.3) is 5.65 Å². The molecule has 19 heteroatoms. The summed E-state index contributed by atoms with van der Waals surface area (Å²) in [4.78, 5) is 51.0. The van der Waals surface area contributed by atoms with Crippen molar-refractivity contribution in [2.75, 3.05) is 31.7 Å². The summed E-state index contributed by atoms with van der Waals surface area (Å²) in [6.45, 7) is 1.82. The van der Waals surface area contributed by atoms with Gasteiger partial charge in [0, 0.05) is 35.3 Å². The van der Waals surface area contributed by atoms with Gasteiger partial charge in [0.1, 0.15) is 54.3 Å². The molecular weight excluding hydrogens is 723 g/mol. The molecule has 5 N–H and O–H groups in total. The van der Waals surface area contributed by atoms with Crippen LogP contribution in [-0.4, -0.2) is 95.8 Å². The average molecular weight is 756 g/mol. The van der Waals surface area contributed by atoms with Gasteiger partial charge in [-0.05, 0) is 37.0 Å². The number of nitrogens with two attached hydrogens (primary N) is 1. The summed E-state index contributed by atoms with van der Waals surface area (Å²) in [5.41, 5.74) is 7.51. The molecule has 3 aromatic heterocycles. The Hall–Kier alpha value is -4.94. The molecule has 2 amide bonds. The molecule has 6 heterocycles. The standard InChI is InChI=1S/C32H32ClFN10O5S2/c1-49-39-24(22-16-51-32(36)37-22)28(45)38-25-29(46)44-26(31(47)48)18(15-50-30(25)44)13-42-8-5-23-41(9-10-43(23)42)14-19-20(33)11-17(12-21(19)34)27(35)40-6-3-2-4-7-40/h5,8-12,16,25,30,35H,2-4,6-7,13-15H2,1H3,(H3-,36,37,38,45,47,48)/p+1/b35-27?,39-24-/t25-,30-/m1/s1. The Morgan fingerprint density at radius 2 is 2.06 bits per heavy atom. The minimum absolute atomic E-state index is 0.130. The van der Waals surface area contributed by atoms with Crippen LogP contribution in [-0.2, 0) is 32.3 Å². The number of thioether (sulfide) groups is 1. The number of aromatic nitrogens is 4. The van der Waals surface area contributed by atoms with Crippen LogP contribution < -0.4 is 15.6 Å². The number of β-lactam (4-membered cyclic amide) rings is 1. The molecule has 2 saturated heterocycles. The Morgan fingerprint density at radius 3 is 2.75 bits per heavy atom. The van der Waals surface area contributed by atoms with E-state index in [1.807, 2.05) is 15.5 Å². The maximum atomic E-state index is 15.5. The van der Waals surface area contributed by atoms with E-state index in [1.54, 1.807) is 33.9 Å². The predicted octanol–water partition coefficient (Wildman–Crippen LogP) is 2.51. The zero-order valence-electron chi connectivity index (χ0n) is 27.2.